The highest BCUT2D eigenvalue weighted by Gasteiger charge is 2.25. The maximum atomic E-state index is 10.9. The first-order valence-corrected chi connectivity index (χ1v) is 4.70. The third-order valence-corrected chi connectivity index (χ3v) is 2.69. The van der Waals surface area contributed by atoms with Gasteiger partial charge in [0.15, 0.2) is 0 Å². The monoisotopic (exact) mass is 197 g/mol. The molecule has 1 aromatic heterocycles. The Kier molecular flexibility index (Phi) is 2.39. The van der Waals surface area contributed by atoms with Crippen LogP contribution in [0.5, 0.6) is 0 Å². The fourth-order valence-corrected chi connectivity index (χ4v) is 1.75. The van der Waals surface area contributed by atoms with Crippen LogP contribution < -0.4 is 5.69 Å². The molecule has 0 saturated carbocycles. The Hall–Kier alpha value is -1.14. The van der Waals surface area contributed by atoms with Crippen molar-refractivity contribution in [2.45, 2.75) is 6.04 Å². The van der Waals surface area contributed by atoms with Crippen LogP contribution in [0.15, 0.2) is 4.79 Å². The first kappa shape index (κ1) is 9.42. The van der Waals surface area contributed by atoms with Crippen LogP contribution in [0.25, 0.3) is 0 Å². The number of nitrogens with zero attached hydrogens (tertiary/aromatic N) is 3. The van der Waals surface area contributed by atoms with Gasteiger partial charge in [0.2, 0.25) is 0 Å². The lowest BCUT2D eigenvalue weighted by Gasteiger charge is -2.36. The Balaban J connectivity index is 2.19. The van der Waals surface area contributed by atoms with E-state index in [9.17, 15) is 4.79 Å². The van der Waals surface area contributed by atoms with E-state index in [1.54, 1.807) is 0 Å². The predicted molar refractivity (Wildman–Crippen MR) is 52.1 cm³/mol. The second kappa shape index (κ2) is 3.55. The molecule has 1 aliphatic heterocycles. The van der Waals surface area contributed by atoms with E-state index in [1.807, 2.05) is 7.05 Å². The average molecular weight is 197 g/mol. The van der Waals surface area contributed by atoms with Crippen molar-refractivity contribution in [3.63, 3.8) is 0 Å². The fourth-order valence-electron chi connectivity index (χ4n) is 1.75. The molecular weight excluding hydrogens is 182 g/mol. The standard InChI is InChI=1S/C8H15N5O/c1-12-3-4-13(2)6(5-12)7-9-8(14)11-10-7/h6H,3-5H2,1-2H3,(H2,9,10,11,14). The van der Waals surface area contributed by atoms with Crippen LogP contribution in [0.2, 0.25) is 0 Å². The van der Waals surface area contributed by atoms with Crippen LogP contribution in [0, 0.1) is 0 Å². The normalized spacial score (nSPS) is 25.4. The van der Waals surface area contributed by atoms with Gasteiger partial charge in [-0.25, -0.2) is 9.89 Å². The van der Waals surface area contributed by atoms with Gasteiger partial charge in [-0.3, -0.25) is 9.88 Å². The van der Waals surface area contributed by atoms with E-state index >= 15 is 0 Å². The van der Waals surface area contributed by atoms with Crippen molar-refractivity contribution in [1.82, 2.24) is 25.0 Å². The van der Waals surface area contributed by atoms with Gasteiger partial charge in [-0.1, -0.05) is 0 Å². The summed E-state index contributed by atoms with van der Waals surface area (Å²) in [6.07, 6.45) is 0. The van der Waals surface area contributed by atoms with Crippen molar-refractivity contribution in [3.8, 4) is 0 Å². The van der Waals surface area contributed by atoms with Crippen molar-refractivity contribution < 1.29 is 0 Å². The molecule has 0 aliphatic carbocycles. The van der Waals surface area contributed by atoms with Crippen LogP contribution in [-0.2, 0) is 0 Å². The van der Waals surface area contributed by atoms with E-state index in [0.29, 0.717) is 0 Å². The summed E-state index contributed by atoms with van der Waals surface area (Å²) in [7, 11) is 4.12. The number of nitrogens with one attached hydrogen (secondary N) is 2. The SMILES string of the molecule is CN1CCN(C)C(c2n[nH]c(=O)[nH]2)C1. The number of H-pyrrole nitrogens is 2. The molecule has 1 unspecified atom stereocenters. The summed E-state index contributed by atoms with van der Waals surface area (Å²) in [4.78, 5) is 18.1. The molecule has 2 N–H and O–H groups in total. The summed E-state index contributed by atoms with van der Waals surface area (Å²) in [5.74, 6) is 0.726. The molecule has 0 spiro atoms. The number of piperazine rings is 1. The topological polar surface area (TPSA) is 68.0 Å². The van der Waals surface area contributed by atoms with Gasteiger partial charge in [-0.2, -0.15) is 5.10 Å². The van der Waals surface area contributed by atoms with Gasteiger partial charge in [0.1, 0.15) is 5.82 Å². The zero-order valence-electron chi connectivity index (χ0n) is 8.45. The number of likely N-dealkylation sites (N-methyl/N-ethyl adjacent to an activating group) is 2. The first-order valence-electron chi connectivity index (χ1n) is 4.70. The summed E-state index contributed by atoms with van der Waals surface area (Å²) in [5.41, 5.74) is -0.235. The number of aromatic nitrogens is 3. The second-order valence-corrected chi connectivity index (χ2v) is 3.82. The Morgan fingerprint density at radius 1 is 1.43 bits per heavy atom. The van der Waals surface area contributed by atoms with Crippen LogP contribution in [0.3, 0.4) is 0 Å². The smallest absolute Gasteiger partial charge is 0.303 e. The van der Waals surface area contributed by atoms with Gasteiger partial charge < -0.3 is 4.90 Å². The van der Waals surface area contributed by atoms with Gasteiger partial charge in [0.25, 0.3) is 0 Å². The molecule has 78 valence electrons. The van der Waals surface area contributed by atoms with Gasteiger partial charge in [-0.05, 0) is 14.1 Å². The van der Waals surface area contributed by atoms with E-state index in [2.05, 4.69) is 32.0 Å². The van der Waals surface area contributed by atoms with Crippen molar-refractivity contribution in [2.24, 2.45) is 0 Å². The maximum absolute atomic E-state index is 10.9. The van der Waals surface area contributed by atoms with Crippen molar-refractivity contribution >= 4 is 0 Å². The summed E-state index contributed by atoms with van der Waals surface area (Å²) >= 11 is 0. The lowest BCUT2D eigenvalue weighted by atomic mass is 10.2. The first-order chi connectivity index (χ1) is 6.66. The molecule has 0 aromatic carbocycles. The van der Waals surface area contributed by atoms with Gasteiger partial charge in [0.05, 0.1) is 6.04 Å². The van der Waals surface area contributed by atoms with Crippen molar-refractivity contribution in [3.05, 3.63) is 16.3 Å². The van der Waals surface area contributed by atoms with Gasteiger partial charge >= 0.3 is 5.69 Å². The molecule has 1 aliphatic rings. The second-order valence-electron chi connectivity index (χ2n) is 3.82. The predicted octanol–water partition coefficient (Wildman–Crippen LogP) is -0.984. The number of hydrogen-bond donors (Lipinski definition) is 2. The third-order valence-electron chi connectivity index (χ3n) is 2.69. The molecule has 2 rings (SSSR count). The average Bonchev–Trinajstić information content (AvgIpc) is 2.56. The van der Waals surface area contributed by atoms with E-state index in [4.69, 9.17) is 0 Å². The Morgan fingerprint density at radius 3 is 2.86 bits per heavy atom. The number of rotatable bonds is 1. The lowest BCUT2D eigenvalue weighted by molar-refractivity contribution is 0.110. The summed E-state index contributed by atoms with van der Waals surface area (Å²) in [6, 6.07) is 0.188. The van der Waals surface area contributed by atoms with Crippen LogP contribution in [0.1, 0.15) is 11.9 Å². The van der Waals surface area contributed by atoms with E-state index < -0.39 is 0 Å². The quantitative estimate of drug-likeness (QED) is 0.607. The van der Waals surface area contributed by atoms with Crippen LogP contribution >= 0.6 is 0 Å². The summed E-state index contributed by atoms with van der Waals surface area (Å²) < 4.78 is 0. The molecule has 6 heteroatoms. The molecule has 1 atom stereocenters. The Bertz CT molecular complexity index is 357. The van der Waals surface area contributed by atoms with E-state index in [-0.39, 0.29) is 11.7 Å². The summed E-state index contributed by atoms with van der Waals surface area (Å²) in [6.45, 7) is 2.95. The highest BCUT2D eigenvalue weighted by molar-refractivity contribution is 4.95. The Labute approximate surface area is 81.9 Å². The Morgan fingerprint density at radius 2 is 2.21 bits per heavy atom. The van der Waals surface area contributed by atoms with Crippen LogP contribution in [-0.4, -0.2) is 58.7 Å². The van der Waals surface area contributed by atoms with Crippen LogP contribution in [0.4, 0.5) is 0 Å². The highest BCUT2D eigenvalue weighted by Crippen LogP contribution is 2.18. The zero-order valence-corrected chi connectivity index (χ0v) is 8.45. The minimum Gasteiger partial charge on any atom is -0.303 e. The zero-order chi connectivity index (χ0) is 10.1. The largest absolute Gasteiger partial charge is 0.340 e. The molecule has 14 heavy (non-hydrogen) atoms. The molecular formula is C8H15N5O. The number of aromatic amines is 2. The lowest BCUT2D eigenvalue weighted by Crippen LogP contribution is -2.45. The maximum Gasteiger partial charge on any atom is 0.340 e. The van der Waals surface area contributed by atoms with E-state index in [0.717, 1.165) is 25.5 Å². The fraction of sp³-hybridized carbons (Fsp3) is 0.750. The molecule has 6 nitrogen and oxygen atoms in total. The third kappa shape index (κ3) is 1.71. The molecule has 0 amide bonds. The summed E-state index contributed by atoms with van der Waals surface area (Å²) in [5, 5.41) is 6.36. The molecule has 1 aromatic rings. The van der Waals surface area contributed by atoms with Gasteiger partial charge in [-0.15, -0.1) is 0 Å². The molecule has 2 heterocycles. The minimum absolute atomic E-state index is 0.188. The van der Waals surface area contributed by atoms with Crippen molar-refractivity contribution in [2.75, 3.05) is 33.7 Å². The molecule has 1 fully saturated rings. The minimum atomic E-state index is -0.235. The van der Waals surface area contributed by atoms with Gasteiger partial charge in [0, 0.05) is 19.6 Å². The van der Waals surface area contributed by atoms with E-state index in [1.165, 1.54) is 0 Å². The number of hydrogen-bond acceptors (Lipinski definition) is 4. The molecule has 0 radical (unpaired) electrons. The molecule has 1 saturated heterocycles. The van der Waals surface area contributed by atoms with Crippen molar-refractivity contribution in [1.29, 1.82) is 0 Å². The molecule has 0 bridgehead atoms. The highest BCUT2D eigenvalue weighted by atomic mass is 16.1.